The van der Waals surface area contributed by atoms with Crippen molar-refractivity contribution >= 4 is 21.7 Å². The van der Waals surface area contributed by atoms with Crippen molar-refractivity contribution in [3.63, 3.8) is 0 Å². The summed E-state index contributed by atoms with van der Waals surface area (Å²) in [6, 6.07) is 8.08. The molecule has 0 bridgehead atoms. The quantitative estimate of drug-likeness (QED) is 0.851. The van der Waals surface area contributed by atoms with Crippen LogP contribution in [0.25, 0.3) is 0 Å². The fourth-order valence-corrected chi connectivity index (χ4v) is 2.31. The number of halogens is 1. The van der Waals surface area contributed by atoms with Crippen LogP contribution in [0.3, 0.4) is 0 Å². The first-order chi connectivity index (χ1) is 7.10. The van der Waals surface area contributed by atoms with Crippen molar-refractivity contribution in [3.8, 4) is 0 Å². The minimum Gasteiger partial charge on any atom is -0.321 e. The molecule has 1 saturated carbocycles. The van der Waals surface area contributed by atoms with Gasteiger partial charge in [-0.2, -0.15) is 0 Å². The highest BCUT2D eigenvalue weighted by Crippen LogP contribution is 2.33. The van der Waals surface area contributed by atoms with Gasteiger partial charge >= 0.3 is 0 Å². The summed E-state index contributed by atoms with van der Waals surface area (Å²) in [7, 11) is 0. The SMILES string of the molecule is NC1(c2ccc(Br)cc2)CCC(=O)CC1. The zero-order valence-electron chi connectivity index (χ0n) is 8.50. The van der Waals surface area contributed by atoms with E-state index in [-0.39, 0.29) is 5.54 Å². The number of carbonyl (C=O) groups excluding carboxylic acids is 1. The zero-order valence-corrected chi connectivity index (χ0v) is 10.1. The molecule has 80 valence electrons. The molecule has 2 rings (SSSR count). The second kappa shape index (κ2) is 4.06. The summed E-state index contributed by atoms with van der Waals surface area (Å²) >= 11 is 3.40. The summed E-state index contributed by atoms with van der Waals surface area (Å²) in [5, 5.41) is 0. The fourth-order valence-electron chi connectivity index (χ4n) is 2.05. The van der Waals surface area contributed by atoms with Crippen LogP contribution in [-0.2, 0) is 10.3 Å². The van der Waals surface area contributed by atoms with Crippen molar-refractivity contribution in [2.24, 2.45) is 5.73 Å². The Kier molecular flexibility index (Phi) is 2.94. The number of hydrogen-bond acceptors (Lipinski definition) is 2. The molecular weight excluding hydrogens is 254 g/mol. The summed E-state index contributed by atoms with van der Waals surface area (Å²) in [6.45, 7) is 0. The summed E-state index contributed by atoms with van der Waals surface area (Å²) in [5.74, 6) is 0.341. The molecule has 0 heterocycles. The van der Waals surface area contributed by atoms with Crippen LogP contribution in [0.1, 0.15) is 31.2 Å². The van der Waals surface area contributed by atoms with E-state index < -0.39 is 0 Å². The van der Waals surface area contributed by atoms with Gasteiger partial charge in [-0.15, -0.1) is 0 Å². The Labute approximate surface area is 98.0 Å². The lowest BCUT2D eigenvalue weighted by Crippen LogP contribution is -2.40. The van der Waals surface area contributed by atoms with Crippen LogP contribution in [0.5, 0.6) is 0 Å². The van der Waals surface area contributed by atoms with E-state index in [0.29, 0.717) is 18.6 Å². The minimum absolute atomic E-state index is 0.297. The number of nitrogens with two attached hydrogens (primary N) is 1. The summed E-state index contributed by atoms with van der Waals surface area (Å²) in [4.78, 5) is 11.2. The molecule has 1 aromatic rings. The molecule has 0 amide bonds. The Hall–Kier alpha value is -0.670. The van der Waals surface area contributed by atoms with E-state index in [9.17, 15) is 4.79 Å². The molecule has 1 aliphatic rings. The van der Waals surface area contributed by atoms with Gasteiger partial charge in [0, 0.05) is 22.9 Å². The van der Waals surface area contributed by atoms with Gasteiger partial charge in [0.1, 0.15) is 5.78 Å². The number of carbonyl (C=O) groups is 1. The summed E-state index contributed by atoms with van der Waals surface area (Å²) in [6.07, 6.45) is 2.78. The highest BCUT2D eigenvalue weighted by molar-refractivity contribution is 9.10. The second-order valence-electron chi connectivity index (χ2n) is 4.20. The van der Waals surface area contributed by atoms with Crippen molar-refractivity contribution in [3.05, 3.63) is 34.3 Å². The average Bonchev–Trinajstić information content (AvgIpc) is 2.24. The van der Waals surface area contributed by atoms with Gasteiger partial charge in [-0.05, 0) is 30.5 Å². The monoisotopic (exact) mass is 267 g/mol. The maximum Gasteiger partial charge on any atom is 0.133 e. The Bertz CT molecular complexity index is 362. The van der Waals surface area contributed by atoms with Crippen molar-refractivity contribution in [1.82, 2.24) is 0 Å². The van der Waals surface area contributed by atoms with Crippen LogP contribution in [0.4, 0.5) is 0 Å². The molecule has 0 atom stereocenters. The number of ketones is 1. The van der Waals surface area contributed by atoms with Gasteiger partial charge in [0.15, 0.2) is 0 Å². The molecular formula is C12H14BrNO. The maximum atomic E-state index is 11.2. The summed E-state index contributed by atoms with van der Waals surface area (Å²) < 4.78 is 1.06. The fraction of sp³-hybridized carbons (Fsp3) is 0.417. The molecule has 0 unspecified atom stereocenters. The highest BCUT2D eigenvalue weighted by atomic mass is 79.9. The molecule has 0 aliphatic heterocycles. The number of rotatable bonds is 1. The van der Waals surface area contributed by atoms with Crippen LogP contribution in [-0.4, -0.2) is 5.78 Å². The van der Waals surface area contributed by atoms with Crippen LogP contribution in [0, 0.1) is 0 Å². The molecule has 0 saturated heterocycles. The van der Waals surface area contributed by atoms with E-state index in [2.05, 4.69) is 15.9 Å². The summed E-state index contributed by atoms with van der Waals surface area (Å²) in [5.41, 5.74) is 7.17. The standard InChI is InChI=1S/C12H14BrNO/c13-10-3-1-9(2-4-10)12(14)7-5-11(15)6-8-12/h1-4H,5-8,14H2. The lowest BCUT2D eigenvalue weighted by molar-refractivity contribution is -0.121. The van der Waals surface area contributed by atoms with Crippen LogP contribution < -0.4 is 5.73 Å². The maximum absolute atomic E-state index is 11.2. The number of Topliss-reactive ketones (excluding diaryl/α,β-unsaturated/α-hetero) is 1. The van der Waals surface area contributed by atoms with Gasteiger partial charge < -0.3 is 5.73 Å². The van der Waals surface area contributed by atoms with E-state index in [1.165, 1.54) is 0 Å². The third kappa shape index (κ3) is 2.29. The predicted octanol–water partition coefficient (Wildman–Crippen LogP) is 2.75. The topological polar surface area (TPSA) is 43.1 Å². The third-order valence-electron chi connectivity index (χ3n) is 3.12. The Morgan fingerprint density at radius 3 is 2.20 bits per heavy atom. The van der Waals surface area contributed by atoms with E-state index in [4.69, 9.17) is 5.73 Å². The number of hydrogen-bond donors (Lipinski definition) is 1. The molecule has 0 radical (unpaired) electrons. The molecule has 0 spiro atoms. The molecule has 15 heavy (non-hydrogen) atoms. The lowest BCUT2D eigenvalue weighted by Gasteiger charge is -2.33. The van der Waals surface area contributed by atoms with E-state index in [0.717, 1.165) is 22.9 Å². The Morgan fingerprint density at radius 2 is 1.67 bits per heavy atom. The molecule has 0 aromatic heterocycles. The van der Waals surface area contributed by atoms with Crippen LogP contribution in [0.15, 0.2) is 28.7 Å². The first kappa shape index (κ1) is 10.8. The van der Waals surface area contributed by atoms with E-state index >= 15 is 0 Å². The molecule has 1 aromatic carbocycles. The van der Waals surface area contributed by atoms with E-state index in [1.54, 1.807) is 0 Å². The molecule has 2 N–H and O–H groups in total. The first-order valence-corrected chi connectivity index (χ1v) is 5.96. The van der Waals surface area contributed by atoms with Crippen LogP contribution >= 0.6 is 15.9 Å². The Balaban J connectivity index is 2.22. The minimum atomic E-state index is -0.297. The lowest BCUT2D eigenvalue weighted by atomic mass is 9.77. The van der Waals surface area contributed by atoms with Gasteiger partial charge in [0.25, 0.3) is 0 Å². The van der Waals surface area contributed by atoms with Gasteiger partial charge in [-0.1, -0.05) is 28.1 Å². The van der Waals surface area contributed by atoms with Gasteiger partial charge in [-0.25, -0.2) is 0 Å². The van der Waals surface area contributed by atoms with Crippen molar-refractivity contribution < 1.29 is 4.79 Å². The van der Waals surface area contributed by atoms with Crippen molar-refractivity contribution in [2.75, 3.05) is 0 Å². The van der Waals surface area contributed by atoms with Gasteiger partial charge in [0.2, 0.25) is 0 Å². The van der Waals surface area contributed by atoms with Gasteiger partial charge in [0.05, 0.1) is 0 Å². The third-order valence-corrected chi connectivity index (χ3v) is 3.65. The largest absolute Gasteiger partial charge is 0.321 e. The predicted molar refractivity (Wildman–Crippen MR) is 63.5 cm³/mol. The van der Waals surface area contributed by atoms with Gasteiger partial charge in [-0.3, -0.25) is 4.79 Å². The van der Waals surface area contributed by atoms with Crippen molar-refractivity contribution in [2.45, 2.75) is 31.2 Å². The molecule has 1 fully saturated rings. The normalized spacial score (nSPS) is 20.3. The van der Waals surface area contributed by atoms with Crippen LogP contribution in [0.2, 0.25) is 0 Å². The van der Waals surface area contributed by atoms with Crippen molar-refractivity contribution in [1.29, 1.82) is 0 Å². The highest BCUT2D eigenvalue weighted by Gasteiger charge is 2.32. The Morgan fingerprint density at radius 1 is 1.13 bits per heavy atom. The first-order valence-electron chi connectivity index (χ1n) is 5.17. The second-order valence-corrected chi connectivity index (χ2v) is 5.12. The zero-order chi connectivity index (χ0) is 10.9. The van der Waals surface area contributed by atoms with E-state index in [1.807, 2.05) is 24.3 Å². The molecule has 1 aliphatic carbocycles. The molecule has 2 nitrogen and oxygen atoms in total. The number of benzene rings is 1. The smallest absolute Gasteiger partial charge is 0.133 e. The average molecular weight is 268 g/mol. The molecule has 3 heteroatoms.